The highest BCUT2D eigenvalue weighted by Gasteiger charge is 2.80. The summed E-state index contributed by atoms with van der Waals surface area (Å²) in [5.74, 6) is -1.96. The van der Waals surface area contributed by atoms with Gasteiger partial charge in [0.1, 0.15) is 11.4 Å². The van der Waals surface area contributed by atoms with Gasteiger partial charge < -0.3 is 24.9 Å². The Labute approximate surface area is 173 Å². The van der Waals surface area contributed by atoms with Gasteiger partial charge >= 0.3 is 0 Å². The highest BCUT2D eigenvalue weighted by molar-refractivity contribution is 5.92. The summed E-state index contributed by atoms with van der Waals surface area (Å²) in [5.41, 5.74) is -6.42. The van der Waals surface area contributed by atoms with Crippen molar-refractivity contribution in [2.75, 3.05) is 0 Å². The predicted octanol–water partition coefficient (Wildman–Crippen LogP) is 2.18. The molecule has 164 valence electrons. The van der Waals surface area contributed by atoms with Gasteiger partial charge in [-0.3, -0.25) is 4.79 Å². The second-order valence-corrected chi connectivity index (χ2v) is 10.8. The average Bonchev–Trinajstić information content (AvgIpc) is 2.59. The molecule has 6 heteroatoms. The van der Waals surface area contributed by atoms with E-state index in [4.69, 9.17) is 4.74 Å². The van der Waals surface area contributed by atoms with Crippen LogP contribution in [0, 0.1) is 22.7 Å². The number of Topliss-reactive ketones (excluding diaryl/α,β-unsaturated/α-hetero) is 2. The molecule has 2 saturated carbocycles. The molecule has 0 spiro atoms. The molecule has 0 bridgehead atoms. The zero-order valence-electron chi connectivity index (χ0n) is 18.5. The fourth-order valence-corrected chi connectivity index (χ4v) is 7.06. The summed E-state index contributed by atoms with van der Waals surface area (Å²) in [5, 5.41) is 34.9. The van der Waals surface area contributed by atoms with Gasteiger partial charge in [0.05, 0.1) is 17.8 Å². The van der Waals surface area contributed by atoms with Crippen LogP contribution in [0.1, 0.15) is 67.2 Å². The van der Waals surface area contributed by atoms with E-state index in [-0.39, 0.29) is 18.6 Å². The minimum Gasteiger partial charge on any atom is -0.392 e. The first kappa shape index (κ1) is 22.6. The van der Waals surface area contributed by atoms with E-state index in [1.54, 1.807) is 20.8 Å². The molecule has 1 saturated heterocycles. The highest BCUT2D eigenvalue weighted by Crippen LogP contribution is 2.68. The van der Waals surface area contributed by atoms with Crippen LogP contribution in [0.25, 0.3) is 0 Å². The van der Waals surface area contributed by atoms with Crippen molar-refractivity contribution in [3.05, 3.63) is 12.7 Å². The first-order valence-corrected chi connectivity index (χ1v) is 10.6. The van der Waals surface area contributed by atoms with E-state index >= 15 is 0 Å². The van der Waals surface area contributed by atoms with Crippen molar-refractivity contribution in [3.8, 4) is 0 Å². The third kappa shape index (κ3) is 2.68. The van der Waals surface area contributed by atoms with E-state index in [0.717, 1.165) is 0 Å². The molecular weight excluding hydrogens is 372 g/mol. The Bertz CT molecular complexity index is 746. The SMILES string of the molecule is C=C[C@@]1(C)CC(=O)[C@@]2(O)[C@](C)(O1)[C@@H](CC(C)=O)[C@@H](O)C1C(C)(C)CC[C@H](O)[C@@]12C. The first-order valence-electron chi connectivity index (χ1n) is 10.6. The maximum atomic E-state index is 13.6. The molecule has 3 N–H and O–H groups in total. The summed E-state index contributed by atoms with van der Waals surface area (Å²) in [6.45, 7) is 14.2. The third-order valence-corrected chi connectivity index (χ3v) is 8.50. The second-order valence-electron chi connectivity index (χ2n) is 10.8. The molecular formula is C23H36O6. The van der Waals surface area contributed by atoms with E-state index in [2.05, 4.69) is 6.58 Å². The molecule has 6 nitrogen and oxygen atoms in total. The zero-order valence-corrected chi connectivity index (χ0v) is 18.5. The molecule has 3 rings (SSSR count). The summed E-state index contributed by atoms with van der Waals surface area (Å²) < 4.78 is 6.39. The standard InChI is InChI=1S/C23H36O6/c1-8-20(5)12-16(26)23(28)21(6)15(25)9-10-19(3,4)18(21)17(27)14(11-13(2)24)22(23,7)29-20/h8,14-15,17-18,25,27-28H,1,9-12H2,2-7H3/t14-,15-,17+,18?,20-,21-,22+,23-/m0/s1. The summed E-state index contributed by atoms with van der Waals surface area (Å²) in [6.07, 6.45) is 0.458. The minimum absolute atomic E-state index is 0.0285. The van der Waals surface area contributed by atoms with Crippen LogP contribution >= 0.6 is 0 Å². The Balaban J connectivity index is 2.33. The summed E-state index contributed by atoms with van der Waals surface area (Å²) in [4.78, 5) is 25.8. The smallest absolute Gasteiger partial charge is 0.171 e. The van der Waals surface area contributed by atoms with Crippen molar-refractivity contribution >= 4 is 11.6 Å². The van der Waals surface area contributed by atoms with E-state index in [1.165, 1.54) is 13.0 Å². The van der Waals surface area contributed by atoms with Gasteiger partial charge in [-0.15, -0.1) is 6.58 Å². The van der Waals surface area contributed by atoms with Crippen molar-refractivity contribution in [2.24, 2.45) is 22.7 Å². The number of fused-ring (bicyclic) bond motifs is 3. The van der Waals surface area contributed by atoms with Gasteiger partial charge in [0.15, 0.2) is 11.4 Å². The number of rotatable bonds is 3. The molecule has 3 aliphatic rings. The Morgan fingerprint density at radius 3 is 2.34 bits per heavy atom. The van der Waals surface area contributed by atoms with Crippen LogP contribution in [0.5, 0.6) is 0 Å². The topological polar surface area (TPSA) is 104 Å². The number of ether oxygens (including phenoxy) is 1. The number of carbonyl (C=O) groups is 2. The number of carbonyl (C=O) groups excluding carboxylic acids is 2. The molecule has 1 heterocycles. The average molecular weight is 409 g/mol. The lowest BCUT2D eigenvalue weighted by Gasteiger charge is -2.72. The van der Waals surface area contributed by atoms with Crippen LogP contribution in [0.3, 0.4) is 0 Å². The zero-order chi connectivity index (χ0) is 22.2. The number of hydrogen-bond donors (Lipinski definition) is 3. The molecule has 1 aliphatic heterocycles. The lowest BCUT2D eigenvalue weighted by atomic mass is 9.38. The maximum absolute atomic E-state index is 13.6. The van der Waals surface area contributed by atoms with Crippen molar-refractivity contribution in [2.45, 2.75) is 96.2 Å². The number of hydrogen-bond acceptors (Lipinski definition) is 6. The van der Waals surface area contributed by atoms with Gasteiger partial charge in [-0.05, 0) is 39.0 Å². The summed E-state index contributed by atoms with van der Waals surface area (Å²) in [6, 6.07) is 0. The van der Waals surface area contributed by atoms with E-state index in [0.29, 0.717) is 12.8 Å². The van der Waals surface area contributed by atoms with Gasteiger partial charge in [0.2, 0.25) is 0 Å². The quantitative estimate of drug-likeness (QED) is 0.619. The molecule has 0 radical (unpaired) electrons. The molecule has 2 aliphatic carbocycles. The van der Waals surface area contributed by atoms with Gasteiger partial charge in [-0.25, -0.2) is 0 Å². The summed E-state index contributed by atoms with van der Waals surface area (Å²) in [7, 11) is 0. The normalized spacial score (nSPS) is 51.7. The van der Waals surface area contributed by atoms with Crippen molar-refractivity contribution < 1.29 is 29.6 Å². The number of ketones is 2. The predicted molar refractivity (Wildman–Crippen MR) is 108 cm³/mol. The highest BCUT2D eigenvalue weighted by atomic mass is 16.5. The molecule has 29 heavy (non-hydrogen) atoms. The molecule has 0 aromatic heterocycles. The Morgan fingerprint density at radius 2 is 1.83 bits per heavy atom. The van der Waals surface area contributed by atoms with Crippen molar-refractivity contribution in [1.29, 1.82) is 0 Å². The van der Waals surface area contributed by atoms with Crippen LogP contribution in [0.4, 0.5) is 0 Å². The molecule has 0 aromatic carbocycles. The van der Waals surface area contributed by atoms with Gasteiger partial charge in [-0.1, -0.05) is 26.8 Å². The van der Waals surface area contributed by atoms with Gasteiger partial charge in [0.25, 0.3) is 0 Å². The Hall–Kier alpha value is -1.08. The first-order chi connectivity index (χ1) is 13.1. The van der Waals surface area contributed by atoms with E-state index < -0.39 is 57.5 Å². The Morgan fingerprint density at radius 1 is 1.24 bits per heavy atom. The Kier molecular flexibility index (Phi) is 5.03. The van der Waals surface area contributed by atoms with Crippen LogP contribution in [-0.4, -0.2) is 55.9 Å². The molecule has 1 unspecified atom stereocenters. The van der Waals surface area contributed by atoms with E-state index in [9.17, 15) is 24.9 Å². The lowest BCUT2D eigenvalue weighted by molar-refractivity contribution is -0.361. The number of aliphatic hydroxyl groups is 3. The molecule has 0 aromatic rings. The minimum atomic E-state index is -2.05. The summed E-state index contributed by atoms with van der Waals surface area (Å²) >= 11 is 0. The molecule has 3 fully saturated rings. The monoisotopic (exact) mass is 408 g/mol. The fraction of sp³-hybridized carbons (Fsp3) is 0.826. The maximum Gasteiger partial charge on any atom is 0.171 e. The van der Waals surface area contributed by atoms with Crippen molar-refractivity contribution in [3.63, 3.8) is 0 Å². The van der Waals surface area contributed by atoms with Gasteiger partial charge in [0, 0.05) is 30.1 Å². The van der Waals surface area contributed by atoms with E-state index in [1.807, 2.05) is 13.8 Å². The van der Waals surface area contributed by atoms with Crippen LogP contribution in [-0.2, 0) is 14.3 Å². The van der Waals surface area contributed by atoms with Gasteiger partial charge in [-0.2, -0.15) is 0 Å². The molecule has 8 atom stereocenters. The second kappa shape index (κ2) is 6.46. The third-order valence-electron chi connectivity index (χ3n) is 8.50. The number of aliphatic hydroxyl groups excluding tert-OH is 2. The van der Waals surface area contributed by atoms with Crippen LogP contribution < -0.4 is 0 Å². The lowest BCUT2D eigenvalue weighted by Crippen LogP contribution is -2.85. The largest absolute Gasteiger partial charge is 0.392 e. The molecule has 0 amide bonds. The van der Waals surface area contributed by atoms with Crippen molar-refractivity contribution in [1.82, 2.24) is 0 Å². The van der Waals surface area contributed by atoms with Crippen LogP contribution in [0.15, 0.2) is 12.7 Å². The fourth-order valence-electron chi connectivity index (χ4n) is 7.06. The van der Waals surface area contributed by atoms with Crippen LogP contribution in [0.2, 0.25) is 0 Å².